The predicted molar refractivity (Wildman–Crippen MR) is 128 cm³/mol. The Morgan fingerprint density at radius 2 is 1.74 bits per heavy atom. The van der Waals surface area contributed by atoms with Crippen LogP contribution in [0.3, 0.4) is 0 Å². The van der Waals surface area contributed by atoms with Crippen LogP contribution in [0, 0.1) is 10.1 Å². The molecule has 1 aromatic heterocycles. The van der Waals surface area contributed by atoms with Gasteiger partial charge in [0.1, 0.15) is 0 Å². The summed E-state index contributed by atoms with van der Waals surface area (Å²) in [6, 6.07) is 12.9. The van der Waals surface area contributed by atoms with Crippen molar-refractivity contribution in [2.45, 2.75) is 13.3 Å². The second-order valence-electron chi connectivity index (χ2n) is 7.92. The van der Waals surface area contributed by atoms with Gasteiger partial charge in [-0.15, -0.1) is 0 Å². The number of benzene rings is 2. The van der Waals surface area contributed by atoms with Gasteiger partial charge in [0.05, 0.1) is 27.8 Å². The Morgan fingerprint density at radius 3 is 2.38 bits per heavy atom. The van der Waals surface area contributed by atoms with Crippen LogP contribution in [-0.4, -0.2) is 64.5 Å². The number of nitro benzene ring substituents is 1. The fraction of sp³-hybridized carbons (Fsp3) is 0.292. The molecule has 0 aliphatic carbocycles. The summed E-state index contributed by atoms with van der Waals surface area (Å²) in [5, 5.41) is 12.1. The number of carbonyl (C=O) groups is 2. The van der Waals surface area contributed by atoms with Crippen molar-refractivity contribution in [1.82, 2.24) is 14.8 Å². The van der Waals surface area contributed by atoms with Gasteiger partial charge in [0, 0.05) is 54.8 Å². The minimum atomic E-state index is -0.462. The van der Waals surface area contributed by atoms with Crippen molar-refractivity contribution >= 4 is 40.2 Å². The topological polar surface area (TPSA) is 106 Å². The second kappa shape index (κ2) is 10.0. The number of aromatic nitrogens is 1. The number of carbonyl (C=O) groups excluding carboxylic acids is 2. The monoisotopic (exact) mass is 482 g/mol. The lowest BCUT2D eigenvalue weighted by molar-refractivity contribution is -0.384. The Morgan fingerprint density at radius 1 is 1.06 bits per heavy atom. The van der Waals surface area contributed by atoms with E-state index in [1.165, 1.54) is 12.1 Å². The molecule has 0 bridgehead atoms. The molecule has 2 amide bonds. The summed E-state index contributed by atoms with van der Waals surface area (Å²) in [5.41, 5.74) is 2.24. The number of nitrogens with zero attached hydrogens (tertiary/aromatic N) is 4. The molecule has 0 atom stereocenters. The van der Waals surface area contributed by atoms with Crippen LogP contribution < -0.4 is 0 Å². The standard InChI is InChI=1S/C24H23ClN4O5/c1-2-13-34-24(31)28-11-9-27(10-12-28)23(30)17-5-8-19-20(25)15-21(26-22(19)14-17)16-3-6-18(7-4-16)29(32)33/h3-8,14-15H,2,9-13H2,1H3. The third kappa shape index (κ3) is 4.94. The molecular formula is C24H23ClN4O5. The maximum Gasteiger partial charge on any atom is 0.409 e. The first-order valence-electron chi connectivity index (χ1n) is 10.9. The van der Waals surface area contributed by atoms with E-state index in [2.05, 4.69) is 4.98 Å². The molecule has 0 saturated carbocycles. The van der Waals surface area contributed by atoms with Gasteiger partial charge >= 0.3 is 6.09 Å². The number of hydrogen-bond donors (Lipinski definition) is 0. The smallest absolute Gasteiger partial charge is 0.409 e. The Labute approximate surface area is 201 Å². The number of rotatable bonds is 5. The van der Waals surface area contributed by atoms with E-state index in [9.17, 15) is 19.7 Å². The lowest BCUT2D eigenvalue weighted by Gasteiger charge is -2.34. The molecule has 2 heterocycles. The van der Waals surface area contributed by atoms with Gasteiger partial charge < -0.3 is 14.5 Å². The van der Waals surface area contributed by atoms with Gasteiger partial charge in [-0.3, -0.25) is 14.9 Å². The van der Waals surface area contributed by atoms with Crippen molar-refractivity contribution in [3.8, 4) is 11.3 Å². The maximum atomic E-state index is 13.1. The van der Waals surface area contributed by atoms with E-state index in [0.717, 1.165) is 6.42 Å². The normalized spacial score (nSPS) is 13.7. The lowest BCUT2D eigenvalue weighted by atomic mass is 10.1. The number of nitro groups is 1. The average molecular weight is 483 g/mol. The van der Waals surface area contributed by atoms with Crippen LogP contribution in [0.4, 0.5) is 10.5 Å². The zero-order chi connectivity index (χ0) is 24.2. The Bertz CT molecular complexity index is 1240. The molecule has 0 spiro atoms. The van der Waals surface area contributed by atoms with Crippen molar-refractivity contribution in [3.63, 3.8) is 0 Å². The summed E-state index contributed by atoms with van der Waals surface area (Å²) in [4.78, 5) is 43.5. The van der Waals surface area contributed by atoms with E-state index in [4.69, 9.17) is 16.3 Å². The Balaban J connectivity index is 1.53. The SMILES string of the molecule is CCCOC(=O)N1CCN(C(=O)c2ccc3c(Cl)cc(-c4ccc([N+](=O)[O-])cc4)nc3c2)CC1. The zero-order valence-corrected chi connectivity index (χ0v) is 19.3. The first kappa shape index (κ1) is 23.4. The van der Waals surface area contributed by atoms with Crippen LogP contribution in [0.2, 0.25) is 5.02 Å². The summed E-state index contributed by atoms with van der Waals surface area (Å²) >= 11 is 6.46. The molecule has 1 aliphatic rings. The zero-order valence-electron chi connectivity index (χ0n) is 18.6. The summed E-state index contributed by atoms with van der Waals surface area (Å²) in [7, 11) is 0. The molecule has 1 saturated heterocycles. The third-order valence-corrected chi connectivity index (χ3v) is 5.95. The van der Waals surface area contributed by atoms with Gasteiger partial charge in [0.2, 0.25) is 0 Å². The highest BCUT2D eigenvalue weighted by Gasteiger charge is 2.26. The number of piperazine rings is 1. The highest BCUT2D eigenvalue weighted by atomic mass is 35.5. The summed E-state index contributed by atoms with van der Waals surface area (Å²) in [5.74, 6) is -0.151. The molecule has 4 rings (SSSR count). The molecule has 0 N–H and O–H groups in total. The maximum absolute atomic E-state index is 13.1. The number of amides is 2. The van der Waals surface area contributed by atoms with Crippen molar-refractivity contribution in [3.05, 3.63) is 69.2 Å². The predicted octanol–water partition coefficient (Wildman–Crippen LogP) is 4.77. The van der Waals surface area contributed by atoms with Gasteiger partial charge in [-0.05, 0) is 36.8 Å². The number of fused-ring (bicyclic) bond motifs is 1. The molecule has 3 aromatic rings. The number of hydrogen-bond acceptors (Lipinski definition) is 6. The molecule has 34 heavy (non-hydrogen) atoms. The van der Waals surface area contributed by atoms with Crippen LogP contribution in [0.5, 0.6) is 0 Å². The largest absolute Gasteiger partial charge is 0.449 e. The molecular weight excluding hydrogens is 460 g/mol. The fourth-order valence-corrected chi connectivity index (χ4v) is 4.04. The minimum Gasteiger partial charge on any atom is -0.449 e. The summed E-state index contributed by atoms with van der Waals surface area (Å²) in [6.45, 7) is 3.97. The Kier molecular flexibility index (Phi) is 6.93. The van der Waals surface area contributed by atoms with Crippen LogP contribution >= 0.6 is 11.6 Å². The quantitative estimate of drug-likeness (QED) is 0.383. The summed E-state index contributed by atoms with van der Waals surface area (Å²) in [6.07, 6.45) is 0.410. The van der Waals surface area contributed by atoms with Gasteiger partial charge in [-0.2, -0.15) is 0 Å². The van der Waals surface area contributed by atoms with E-state index in [1.54, 1.807) is 46.2 Å². The number of pyridine rings is 1. The van der Waals surface area contributed by atoms with Crippen molar-refractivity contribution in [1.29, 1.82) is 0 Å². The number of ether oxygens (including phenoxy) is 1. The van der Waals surface area contributed by atoms with Crippen molar-refractivity contribution in [2.75, 3.05) is 32.8 Å². The minimum absolute atomic E-state index is 0.0118. The fourth-order valence-electron chi connectivity index (χ4n) is 3.78. The van der Waals surface area contributed by atoms with E-state index in [-0.39, 0.29) is 17.7 Å². The van der Waals surface area contributed by atoms with E-state index in [1.807, 2.05) is 6.92 Å². The van der Waals surface area contributed by atoms with Crippen LogP contribution in [0.15, 0.2) is 48.5 Å². The van der Waals surface area contributed by atoms with E-state index < -0.39 is 4.92 Å². The van der Waals surface area contributed by atoms with Gasteiger partial charge in [0.25, 0.3) is 11.6 Å². The number of halogens is 1. The van der Waals surface area contributed by atoms with E-state index >= 15 is 0 Å². The van der Waals surface area contributed by atoms with Crippen molar-refractivity contribution < 1.29 is 19.2 Å². The Hall–Kier alpha value is -3.72. The molecule has 0 unspecified atom stereocenters. The molecule has 9 nitrogen and oxygen atoms in total. The van der Waals surface area contributed by atoms with Crippen LogP contribution in [0.1, 0.15) is 23.7 Å². The summed E-state index contributed by atoms with van der Waals surface area (Å²) < 4.78 is 5.17. The first-order chi connectivity index (χ1) is 16.4. The lowest BCUT2D eigenvalue weighted by Crippen LogP contribution is -2.50. The molecule has 1 fully saturated rings. The molecule has 10 heteroatoms. The van der Waals surface area contributed by atoms with Gasteiger partial charge in [-0.1, -0.05) is 24.6 Å². The van der Waals surface area contributed by atoms with Crippen molar-refractivity contribution in [2.24, 2.45) is 0 Å². The molecule has 176 valence electrons. The second-order valence-corrected chi connectivity index (χ2v) is 8.33. The van der Waals surface area contributed by atoms with Crippen LogP contribution in [0.25, 0.3) is 22.2 Å². The van der Waals surface area contributed by atoms with E-state index in [0.29, 0.717) is 65.5 Å². The third-order valence-electron chi connectivity index (χ3n) is 5.63. The number of non-ortho nitro benzene ring substituents is 1. The highest BCUT2D eigenvalue weighted by Crippen LogP contribution is 2.30. The molecule has 2 aromatic carbocycles. The average Bonchev–Trinajstić information content (AvgIpc) is 2.86. The van der Waals surface area contributed by atoms with Crippen LogP contribution in [-0.2, 0) is 4.74 Å². The highest BCUT2D eigenvalue weighted by molar-refractivity contribution is 6.35. The molecule has 0 radical (unpaired) electrons. The van der Waals surface area contributed by atoms with Gasteiger partial charge in [0.15, 0.2) is 0 Å². The molecule has 1 aliphatic heterocycles. The first-order valence-corrected chi connectivity index (χ1v) is 11.3. The van der Waals surface area contributed by atoms with Gasteiger partial charge in [-0.25, -0.2) is 9.78 Å².